The zero-order chi connectivity index (χ0) is 16.0. The molecule has 0 aromatic heterocycles. The van der Waals surface area contributed by atoms with Gasteiger partial charge in [0.1, 0.15) is 6.54 Å². The molecule has 120 valence electrons. The van der Waals surface area contributed by atoms with Crippen molar-refractivity contribution in [3.8, 4) is 0 Å². The SMILES string of the molecule is CC(C)C[C@H](CNC(=O)N1CCN(C)C(=O)C1)CC(=O)O. The zero-order valence-corrected chi connectivity index (χ0v) is 13.0. The Balaban J connectivity index is 2.45. The summed E-state index contributed by atoms with van der Waals surface area (Å²) >= 11 is 0. The third-order valence-corrected chi connectivity index (χ3v) is 3.55. The highest BCUT2D eigenvalue weighted by atomic mass is 16.4. The molecule has 0 unspecified atom stereocenters. The van der Waals surface area contributed by atoms with E-state index in [2.05, 4.69) is 5.32 Å². The first-order valence-corrected chi connectivity index (χ1v) is 7.28. The molecule has 0 aromatic rings. The highest BCUT2D eigenvalue weighted by Crippen LogP contribution is 2.15. The van der Waals surface area contributed by atoms with Crippen molar-refractivity contribution in [3.63, 3.8) is 0 Å². The van der Waals surface area contributed by atoms with Crippen molar-refractivity contribution >= 4 is 17.9 Å². The normalized spacial score (nSPS) is 17.0. The Labute approximate surface area is 125 Å². The van der Waals surface area contributed by atoms with Crippen LogP contribution in [0.2, 0.25) is 0 Å². The van der Waals surface area contributed by atoms with Gasteiger partial charge in [-0.3, -0.25) is 9.59 Å². The number of aliphatic carboxylic acids is 1. The van der Waals surface area contributed by atoms with E-state index in [1.165, 1.54) is 4.90 Å². The first-order valence-electron chi connectivity index (χ1n) is 7.28. The summed E-state index contributed by atoms with van der Waals surface area (Å²) in [4.78, 5) is 37.5. The fraction of sp³-hybridized carbons (Fsp3) is 0.786. The van der Waals surface area contributed by atoms with E-state index in [1.807, 2.05) is 13.8 Å². The second-order valence-electron chi connectivity index (χ2n) is 6.02. The molecule has 7 heteroatoms. The molecular formula is C14H25N3O4. The minimum Gasteiger partial charge on any atom is -0.481 e. The van der Waals surface area contributed by atoms with Crippen molar-refractivity contribution < 1.29 is 19.5 Å². The average Bonchev–Trinajstić information content (AvgIpc) is 2.37. The Morgan fingerprint density at radius 3 is 2.52 bits per heavy atom. The Morgan fingerprint density at radius 1 is 1.33 bits per heavy atom. The minimum absolute atomic E-state index is 0.0418. The van der Waals surface area contributed by atoms with Gasteiger partial charge in [0.2, 0.25) is 5.91 Å². The quantitative estimate of drug-likeness (QED) is 0.752. The van der Waals surface area contributed by atoms with Gasteiger partial charge < -0.3 is 20.2 Å². The maximum Gasteiger partial charge on any atom is 0.317 e. The van der Waals surface area contributed by atoms with Gasteiger partial charge in [0.25, 0.3) is 0 Å². The number of rotatable bonds is 6. The van der Waals surface area contributed by atoms with E-state index in [9.17, 15) is 14.4 Å². The molecule has 21 heavy (non-hydrogen) atoms. The lowest BCUT2D eigenvalue weighted by atomic mass is 9.94. The molecule has 0 spiro atoms. The summed E-state index contributed by atoms with van der Waals surface area (Å²) in [7, 11) is 1.71. The molecule has 0 radical (unpaired) electrons. The van der Waals surface area contributed by atoms with Gasteiger partial charge >= 0.3 is 12.0 Å². The number of piperazine rings is 1. The average molecular weight is 299 g/mol. The van der Waals surface area contributed by atoms with E-state index >= 15 is 0 Å². The van der Waals surface area contributed by atoms with E-state index < -0.39 is 5.97 Å². The monoisotopic (exact) mass is 299 g/mol. The van der Waals surface area contributed by atoms with E-state index in [4.69, 9.17) is 5.11 Å². The molecule has 0 bridgehead atoms. The van der Waals surface area contributed by atoms with Gasteiger partial charge in [-0.15, -0.1) is 0 Å². The van der Waals surface area contributed by atoms with Crippen LogP contribution in [0.25, 0.3) is 0 Å². The lowest BCUT2D eigenvalue weighted by molar-refractivity contribution is -0.138. The van der Waals surface area contributed by atoms with Gasteiger partial charge in [0.05, 0.1) is 0 Å². The van der Waals surface area contributed by atoms with Crippen molar-refractivity contribution in [2.75, 3.05) is 33.2 Å². The molecule has 1 heterocycles. The van der Waals surface area contributed by atoms with Crippen molar-refractivity contribution in [2.24, 2.45) is 11.8 Å². The highest BCUT2D eigenvalue weighted by molar-refractivity contribution is 5.85. The highest BCUT2D eigenvalue weighted by Gasteiger charge is 2.25. The Hall–Kier alpha value is -1.79. The number of nitrogens with one attached hydrogen (secondary N) is 1. The van der Waals surface area contributed by atoms with Gasteiger partial charge in [-0.2, -0.15) is 0 Å². The molecule has 0 aromatic carbocycles. The third-order valence-electron chi connectivity index (χ3n) is 3.55. The van der Waals surface area contributed by atoms with Gasteiger partial charge in [-0.25, -0.2) is 4.79 Å². The first kappa shape index (κ1) is 17.3. The second kappa shape index (κ2) is 7.85. The topological polar surface area (TPSA) is 90.0 Å². The predicted molar refractivity (Wildman–Crippen MR) is 77.8 cm³/mol. The summed E-state index contributed by atoms with van der Waals surface area (Å²) in [6.07, 6.45) is 0.786. The van der Waals surface area contributed by atoms with Crippen molar-refractivity contribution in [1.29, 1.82) is 0 Å². The summed E-state index contributed by atoms with van der Waals surface area (Å²) in [5.41, 5.74) is 0. The van der Waals surface area contributed by atoms with E-state index in [0.717, 1.165) is 6.42 Å². The molecule has 0 aliphatic carbocycles. The number of carbonyl (C=O) groups excluding carboxylic acids is 2. The molecule has 1 saturated heterocycles. The van der Waals surface area contributed by atoms with Gasteiger partial charge in [0, 0.05) is 33.1 Å². The predicted octanol–water partition coefficient (Wildman–Crippen LogP) is 0.607. The summed E-state index contributed by atoms with van der Waals surface area (Å²) in [5.74, 6) is -0.656. The number of hydrogen-bond acceptors (Lipinski definition) is 3. The van der Waals surface area contributed by atoms with Crippen LogP contribution in [0.1, 0.15) is 26.7 Å². The minimum atomic E-state index is -0.857. The molecule has 1 atom stereocenters. The molecule has 0 saturated carbocycles. The number of carboxylic acid groups (broad SMARTS) is 1. The number of nitrogens with zero attached hydrogens (tertiary/aromatic N) is 2. The van der Waals surface area contributed by atoms with Gasteiger partial charge in [-0.05, 0) is 18.3 Å². The van der Waals surface area contributed by atoms with Crippen LogP contribution in [-0.2, 0) is 9.59 Å². The van der Waals surface area contributed by atoms with Gasteiger partial charge in [0.15, 0.2) is 0 Å². The zero-order valence-electron chi connectivity index (χ0n) is 13.0. The number of hydrogen-bond donors (Lipinski definition) is 2. The molecule has 1 rings (SSSR count). The standard InChI is InChI=1S/C14H25N3O4/c1-10(2)6-11(7-13(19)20)8-15-14(21)17-5-4-16(3)12(18)9-17/h10-11H,4-9H2,1-3H3,(H,15,21)(H,19,20)/t11-/m0/s1. The van der Waals surface area contributed by atoms with Crippen LogP contribution in [0.3, 0.4) is 0 Å². The van der Waals surface area contributed by atoms with Crippen LogP contribution in [0.4, 0.5) is 4.79 Å². The Kier molecular flexibility index (Phi) is 6.45. The molecular weight excluding hydrogens is 274 g/mol. The van der Waals surface area contributed by atoms with Crippen molar-refractivity contribution in [2.45, 2.75) is 26.7 Å². The number of amides is 3. The van der Waals surface area contributed by atoms with Gasteiger partial charge in [-0.1, -0.05) is 13.8 Å². The Morgan fingerprint density at radius 2 is 2.00 bits per heavy atom. The third kappa shape index (κ3) is 6.01. The largest absolute Gasteiger partial charge is 0.481 e. The second-order valence-corrected chi connectivity index (χ2v) is 6.02. The van der Waals surface area contributed by atoms with E-state index in [0.29, 0.717) is 25.6 Å². The molecule has 1 aliphatic heterocycles. The molecule has 7 nitrogen and oxygen atoms in total. The molecule has 2 N–H and O–H groups in total. The number of likely N-dealkylation sites (N-methyl/N-ethyl adjacent to an activating group) is 1. The smallest absolute Gasteiger partial charge is 0.317 e. The Bertz CT molecular complexity index is 398. The summed E-state index contributed by atoms with van der Waals surface area (Å²) < 4.78 is 0. The summed E-state index contributed by atoms with van der Waals surface area (Å²) in [6.45, 7) is 5.48. The maximum absolute atomic E-state index is 12.0. The fourth-order valence-electron chi connectivity index (χ4n) is 2.43. The van der Waals surface area contributed by atoms with Crippen molar-refractivity contribution in [3.05, 3.63) is 0 Å². The lowest BCUT2D eigenvalue weighted by Crippen LogP contribution is -2.53. The molecule has 1 aliphatic rings. The molecule has 1 fully saturated rings. The van der Waals surface area contributed by atoms with E-state index in [-0.39, 0.29) is 30.8 Å². The summed E-state index contributed by atoms with van der Waals surface area (Å²) in [6, 6.07) is -0.296. The van der Waals surface area contributed by atoms with Crippen LogP contribution in [0.5, 0.6) is 0 Å². The number of urea groups is 1. The molecule has 3 amide bonds. The van der Waals surface area contributed by atoms with Crippen LogP contribution < -0.4 is 5.32 Å². The number of carbonyl (C=O) groups is 3. The fourth-order valence-corrected chi connectivity index (χ4v) is 2.43. The maximum atomic E-state index is 12.0. The van der Waals surface area contributed by atoms with Crippen LogP contribution >= 0.6 is 0 Å². The number of carboxylic acids is 1. The lowest BCUT2D eigenvalue weighted by Gasteiger charge is -2.32. The van der Waals surface area contributed by atoms with Crippen LogP contribution in [-0.4, -0.2) is 66.0 Å². The first-order chi connectivity index (χ1) is 9.79. The van der Waals surface area contributed by atoms with Crippen LogP contribution in [0.15, 0.2) is 0 Å². The van der Waals surface area contributed by atoms with E-state index in [1.54, 1.807) is 11.9 Å². The van der Waals surface area contributed by atoms with Crippen LogP contribution in [0, 0.1) is 11.8 Å². The van der Waals surface area contributed by atoms with Crippen molar-refractivity contribution in [1.82, 2.24) is 15.1 Å². The summed E-state index contributed by atoms with van der Waals surface area (Å²) in [5, 5.41) is 11.7.